The van der Waals surface area contributed by atoms with Crippen molar-refractivity contribution in [1.82, 2.24) is 15.5 Å². The number of rotatable bonds is 5. The predicted molar refractivity (Wildman–Crippen MR) is 104 cm³/mol. The number of guanidine groups is 1. The first kappa shape index (κ1) is 19.4. The lowest BCUT2D eigenvalue weighted by molar-refractivity contribution is -0.120. The summed E-state index contributed by atoms with van der Waals surface area (Å²) in [4.78, 5) is 18.6. The van der Waals surface area contributed by atoms with Crippen molar-refractivity contribution >= 4 is 23.6 Å². The highest BCUT2D eigenvalue weighted by molar-refractivity contribution is 8.00. The molecule has 25 heavy (non-hydrogen) atoms. The molecule has 1 fully saturated rings. The highest BCUT2D eigenvalue weighted by atomic mass is 32.2. The molecule has 1 aliphatic rings. The van der Waals surface area contributed by atoms with Crippen LogP contribution in [-0.4, -0.2) is 61.1 Å². The average Bonchev–Trinajstić information content (AvgIpc) is 2.60. The number of hydrogen-bond acceptors (Lipinski definition) is 4. The summed E-state index contributed by atoms with van der Waals surface area (Å²) in [5, 5.41) is 6.08. The van der Waals surface area contributed by atoms with E-state index in [9.17, 15) is 4.79 Å². The third kappa shape index (κ3) is 6.16. The van der Waals surface area contributed by atoms with Gasteiger partial charge < -0.3 is 20.3 Å². The molecule has 0 radical (unpaired) electrons. The van der Waals surface area contributed by atoms with Gasteiger partial charge in [0.2, 0.25) is 5.91 Å². The molecule has 2 rings (SSSR count). The van der Waals surface area contributed by atoms with Crippen LogP contribution in [0.3, 0.4) is 0 Å². The Hall–Kier alpha value is -1.89. The number of hydrogen-bond donors (Lipinski definition) is 2. The molecule has 1 amide bonds. The van der Waals surface area contributed by atoms with E-state index in [1.807, 2.05) is 36.0 Å². The van der Waals surface area contributed by atoms with Gasteiger partial charge in [0.05, 0.1) is 13.7 Å². The first-order valence-electron chi connectivity index (χ1n) is 8.43. The van der Waals surface area contributed by atoms with Gasteiger partial charge in [-0.1, -0.05) is 12.1 Å². The van der Waals surface area contributed by atoms with Gasteiger partial charge in [-0.2, -0.15) is 11.8 Å². The fraction of sp³-hybridized carbons (Fsp3) is 0.556. The lowest BCUT2D eigenvalue weighted by Gasteiger charge is -2.39. The van der Waals surface area contributed by atoms with E-state index in [0.717, 1.165) is 36.1 Å². The number of benzene rings is 1. The van der Waals surface area contributed by atoms with Crippen LogP contribution in [0.2, 0.25) is 0 Å². The summed E-state index contributed by atoms with van der Waals surface area (Å²) in [6.07, 6.45) is 0. The van der Waals surface area contributed by atoms with Crippen LogP contribution < -0.4 is 15.4 Å². The van der Waals surface area contributed by atoms with Gasteiger partial charge in [-0.15, -0.1) is 0 Å². The zero-order valence-electron chi connectivity index (χ0n) is 15.5. The van der Waals surface area contributed by atoms with Crippen LogP contribution in [0.4, 0.5) is 0 Å². The number of amides is 1. The number of carbonyl (C=O) groups excluding carboxylic acids is 1. The van der Waals surface area contributed by atoms with Gasteiger partial charge in [-0.3, -0.25) is 9.79 Å². The first-order valence-corrected chi connectivity index (χ1v) is 9.41. The van der Waals surface area contributed by atoms with E-state index in [4.69, 9.17) is 4.74 Å². The van der Waals surface area contributed by atoms with Gasteiger partial charge >= 0.3 is 0 Å². The maximum atomic E-state index is 12.1. The van der Waals surface area contributed by atoms with Crippen LogP contribution in [0.15, 0.2) is 29.3 Å². The van der Waals surface area contributed by atoms with Crippen molar-refractivity contribution in [2.24, 2.45) is 4.99 Å². The SMILES string of the molecule is CN=C(NCC(=O)NCc1ccc(OC)cc1)N1CCSC(C)(C)C1. The second-order valence-electron chi connectivity index (χ2n) is 6.56. The van der Waals surface area contributed by atoms with Gasteiger partial charge in [0, 0.05) is 37.2 Å². The molecule has 0 spiro atoms. The summed E-state index contributed by atoms with van der Waals surface area (Å²) in [5.41, 5.74) is 1.04. The molecule has 2 N–H and O–H groups in total. The molecule has 1 aromatic rings. The number of carbonyl (C=O) groups is 1. The summed E-state index contributed by atoms with van der Waals surface area (Å²) in [6, 6.07) is 7.66. The fourth-order valence-electron chi connectivity index (χ4n) is 2.70. The summed E-state index contributed by atoms with van der Waals surface area (Å²) >= 11 is 1.97. The van der Waals surface area contributed by atoms with Crippen LogP contribution in [0.25, 0.3) is 0 Å². The van der Waals surface area contributed by atoms with Crippen molar-refractivity contribution in [2.45, 2.75) is 25.1 Å². The van der Waals surface area contributed by atoms with Crippen molar-refractivity contribution < 1.29 is 9.53 Å². The van der Waals surface area contributed by atoms with Crippen LogP contribution >= 0.6 is 11.8 Å². The molecule has 0 aromatic heterocycles. The molecule has 0 bridgehead atoms. The normalized spacial score (nSPS) is 17.1. The van der Waals surface area contributed by atoms with Crippen LogP contribution in [-0.2, 0) is 11.3 Å². The number of ether oxygens (including phenoxy) is 1. The van der Waals surface area contributed by atoms with E-state index in [0.29, 0.717) is 6.54 Å². The zero-order valence-corrected chi connectivity index (χ0v) is 16.3. The van der Waals surface area contributed by atoms with E-state index in [-0.39, 0.29) is 17.2 Å². The fourth-order valence-corrected chi connectivity index (χ4v) is 3.81. The minimum atomic E-state index is -0.0531. The highest BCUT2D eigenvalue weighted by Crippen LogP contribution is 2.29. The predicted octanol–water partition coefficient (Wildman–Crippen LogP) is 1.71. The van der Waals surface area contributed by atoms with Gasteiger partial charge in [0.15, 0.2) is 5.96 Å². The van der Waals surface area contributed by atoms with Crippen molar-refractivity contribution in [2.75, 3.05) is 39.5 Å². The third-order valence-electron chi connectivity index (χ3n) is 3.99. The van der Waals surface area contributed by atoms with Gasteiger partial charge in [0.25, 0.3) is 0 Å². The molecule has 0 unspecified atom stereocenters. The quantitative estimate of drug-likeness (QED) is 0.615. The molecular formula is C18H28N4O2S. The monoisotopic (exact) mass is 364 g/mol. The second-order valence-corrected chi connectivity index (χ2v) is 8.36. The Kier molecular flexibility index (Phi) is 6.99. The molecule has 0 atom stereocenters. The maximum absolute atomic E-state index is 12.1. The molecule has 138 valence electrons. The smallest absolute Gasteiger partial charge is 0.239 e. The lowest BCUT2D eigenvalue weighted by Crippen LogP contribution is -2.52. The molecular weight excluding hydrogens is 336 g/mol. The van der Waals surface area contributed by atoms with E-state index in [1.165, 1.54) is 0 Å². The summed E-state index contributed by atoms with van der Waals surface area (Å²) in [7, 11) is 3.39. The first-order chi connectivity index (χ1) is 11.9. The van der Waals surface area contributed by atoms with Crippen molar-refractivity contribution in [3.63, 3.8) is 0 Å². The Labute approximate surface area is 154 Å². The average molecular weight is 365 g/mol. The van der Waals surface area contributed by atoms with Crippen molar-refractivity contribution in [3.8, 4) is 5.75 Å². The summed E-state index contributed by atoms with van der Waals surface area (Å²) in [6.45, 7) is 7.05. The Balaban J connectivity index is 1.77. The van der Waals surface area contributed by atoms with Gasteiger partial charge in [-0.05, 0) is 31.5 Å². The summed E-state index contributed by atoms with van der Waals surface area (Å²) in [5.74, 6) is 2.61. The molecule has 1 saturated heterocycles. The lowest BCUT2D eigenvalue weighted by atomic mass is 10.2. The van der Waals surface area contributed by atoms with Crippen molar-refractivity contribution in [1.29, 1.82) is 0 Å². The number of aliphatic imine (C=N–C) groups is 1. The standard InChI is InChI=1S/C18H28N4O2S/c1-18(2)13-22(9-10-25-18)17(19-3)21-12-16(23)20-11-14-5-7-15(24-4)8-6-14/h5-8H,9-13H2,1-4H3,(H,19,21)(H,20,23). The molecule has 1 heterocycles. The molecule has 1 aliphatic heterocycles. The third-order valence-corrected chi connectivity index (χ3v) is 5.29. The Morgan fingerprint density at radius 1 is 1.32 bits per heavy atom. The molecule has 0 saturated carbocycles. The van der Waals surface area contributed by atoms with Crippen LogP contribution in [0, 0.1) is 0 Å². The van der Waals surface area contributed by atoms with E-state index in [2.05, 4.69) is 34.4 Å². The van der Waals surface area contributed by atoms with Crippen LogP contribution in [0.5, 0.6) is 5.75 Å². The molecule has 1 aromatic carbocycles. The largest absolute Gasteiger partial charge is 0.497 e. The number of nitrogens with one attached hydrogen (secondary N) is 2. The Morgan fingerprint density at radius 3 is 2.64 bits per heavy atom. The van der Waals surface area contributed by atoms with Gasteiger partial charge in [-0.25, -0.2) is 0 Å². The number of thioether (sulfide) groups is 1. The number of nitrogens with zero attached hydrogens (tertiary/aromatic N) is 2. The summed E-state index contributed by atoms with van der Waals surface area (Å²) < 4.78 is 5.33. The highest BCUT2D eigenvalue weighted by Gasteiger charge is 2.28. The van der Waals surface area contributed by atoms with E-state index >= 15 is 0 Å². The number of methoxy groups -OCH3 is 1. The molecule has 7 heteroatoms. The zero-order chi connectivity index (χ0) is 18.3. The maximum Gasteiger partial charge on any atom is 0.239 e. The Bertz CT molecular complexity index is 602. The topological polar surface area (TPSA) is 66.0 Å². The van der Waals surface area contributed by atoms with E-state index in [1.54, 1.807) is 14.2 Å². The molecule has 0 aliphatic carbocycles. The van der Waals surface area contributed by atoms with E-state index < -0.39 is 0 Å². The Morgan fingerprint density at radius 2 is 2.04 bits per heavy atom. The van der Waals surface area contributed by atoms with Gasteiger partial charge in [0.1, 0.15) is 5.75 Å². The minimum absolute atomic E-state index is 0.0531. The molecule has 6 nitrogen and oxygen atoms in total. The van der Waals surface area contributed by atoms with Crippen LogP contribution in [0.1, 0.15) is 19.4 Å². The second kappa shape index (κ2) is 8.99. The van der Waals surface area contributed by atoms with Crippen molar-refractivity contribution in [3.05, 3.63) is 29.8 Å². The minimum Gasteiger partial charge on any atom is -0.497 e.